The molecule has 0 saturated heterocycles. The van der Waals surface area contributed by atoms with Crippen LogP contribution in [0.25, 0.3) is 0 Å². The molecular formula is C16H17ClO7S. The summed E-state index contributed by atoms with van der Waals surface area (Å²) in [6, 6.07) is 5.90. The molecule has 0 saturated carbocycles. The van der Waals surface area contributed by atoms with Gasteiger partial charge in [-0.05, 0) is 24.6 Å². The molecule has 1 atom stereocenters. The van der Waals surface area contributed by atoms with Crippen LogP contribution < -0.4 is 0 Å². The van der Waals surface area contributed by atoms with E-state index in [0.29, 0.717) is 0 Å². The number of rotatable bonds is 9. The van der Waals surface area contributed by atoms with Gasteiger partial charge in [0, 0.05) is 16.9 Å². The fourth-order valence-corrected chi connectivity index (χ4v) is 3.31. The van der Waals surface area contributed by atoms with Gasteiger partial charge in [0.25, 0.3) is 5.60 Å². The van der Waals surface area contributed by atoms with E-state index >= 15 is 0 Å². The molecule has 9 heteroatoms. The SMILES string of the molecule is CCOC(=O)/C=C/CSC(c1cccc(Cl)c1)C(O)(C(=O)O)C(=O)O. The van der Waals surface area contributed by atoms with Crippen LogP contribution in [-0.4, -0.2) is 51.2 Å². The first-order valence-corrected chi connectivity index (χ1v) is 8.55. The van der Waals surface area contributed by atoms with Gasteiger partial charge in [-0.2, -0.15) is 0 Å². The van der Waals surface area contributed by atoms with Gasteiger partial charge in [0.2, 0.25) is 0 Å². The Kier molecular flexibility index (Phi) is 7.95. The van der Waals surface area contributed by atoms with E-state index in [-0.39, 0.29) is 22.9 Å². The third-order valence-corrected chi connectivity index (χ3v) is 4.65. The van der Waals surface area contributed by atoms with Crippen molar-refractivity contribution in [2.24, 2.45) is 0 Å². The van der Waals surface area contributed by atoms with Gasteiger partial charge in [-0.15, -0.1) is 11.8 Å². The standard InChI is InChI=1S/C16H17ClO7S/c1-2-24-12(18)7-4-8-25-13(10-5-3-6-11(17)9-10)16(23,14(19)20)15(21)22/h3-7,9,13,23H,2,8H2,1H3,(H,19,20)(H,21,22)/b7-4+. The van der Waals surface area contributed by atoms with Crippen LogP contribution in [-0.2, 0) is 19.1 Å². The molecule has 1 aromatic rings. The van der Waals surface area contributed by atoms with E-state index in [4.69, 9.17) is 16.3 Å². The van der Waals surface area contributed by atoms with Crippen molar-refractivity contribution in [1.29, 1.82) is 0 Å². The summed E-state index contributed by atoms with van der Waals surface area (Å²) < 4.78 is 4.70. The number of hydrogen-bond donors (Lipinski definition) is 3. The molecule has 1 rings (SSSR count). The third kappa shape index (κ3) is 5.48. The molecule has 0 bridgehead atoms. The number of carbonyl (C=O) groups is 3. The molecule has 0 amide bonds. The molecule has 1 unspecified atom stereocenters. The Morgan fingerprint density at radius 2 is 1.96 bits per heavy atom. The lowest BCUT2D eigenvalue weighted by Crippen LogP contribution is -2.50. The smallest absolute Gasteiger partial charge is 0.349 e. The van der Waals surface area contributed by atoms with E-state index in [1.807, 2.05) is 0 Å². The fraction of sp³-hybridized carbons (Fsp3) is 0.312. The van der Waals surface area contributed by atoms with Crippen LogP contribution in [0.3, 0.4) is 0 Å². The Labute approximate surface area is 153 Å². The van der Waals surface area contributed by atoms with E-state index in [1.165, 1.54) is 30.3 Å². The fourth-order valence-electron chi connectivity index (χ4n) is 1.93. The minimum Gasteiger partial charge on any atom is -0.479 e. The second kappa shape index (κ2) is 9.45. The lowest BCUT2D eigenvalue weighted by atomic mass is 9.94. The number of benzene rings is 1. The predicted octanol–water partition coefficient (Wildman–Crippen LogP) is 2.13. The summed E-state index contributed by atoms with van der Waals surface area (Å²) in [6.07, 6.45) is 2.54. The van der Waals surface area contributed by atoms with E-state index in [9.17, 15) is 29.7 Å². The molecule has 0 fully saturated rings. The van der Waals surface area contributed by atoms with Crippen molar-refractivity contribution in [3.63, 3.8) is 0 Å². The summed E-state index contributed by atoms with van der Waals surface area (Å²) in [7, 11) is 0. The average molecular weight is 389 g/mol. The largest absolute Gasteiger partial charge is 0.479 e. The minimum absolute atomic E-state index is 0.0683. The lowest BCUT2D eigenvalue weighted by molar-refractivity contribution is -0.176. The highest BCUT2D eigenvalue weighted by Gasteiger charge is 2.52. The number of aliphatic carboxylic acids is 2. The predicted molar refractivity (Wildman–Crippen MR) is 92.6 cm³/mol. The van der Waals surface area contributed by atoms with Gasteiger partial charge in [0.05, 0.1) is 11.9 Å². The molecule has 0 heterocycles. The quantitative estimate of drug-likeness (QED) is 0.334. The van der Waals surface area contributed by atoms with E-state index in [0.717, 1.165) is 17.8 Å². The zero-order chi connectivity index (χ0) is 19.0. The van der Waals surface area contributed by atoms with Crippen LogP contribution in [0.4, 0.5) is 0 Å². The van der Waals surface area contributed by atoms with Gasteiger partial charge in [-0.25, -0.2) is 14.4 Å². The molecule has 0 radical (unpaired) electrons. The first-order valence-electron chi connectivity index (χ1n) is 7.13. The summed E-state index contributed by atoms with van der Waals surface area (Å²) in [5.74, 6) is -4.30. The van der Waals surface area contributed by atoms with Gasteiger partial charge in [-0.3, -0.25) is 0 Å². The van der Waals surface area contributed by atoms with Gasteiger partial charge >= 0.3 is 17.9 Å². The molecule has 25 heavy (non-hydrogen) atoms. The number of carbonyl (C=O) groups excluding carboxylic acids is 1. The van der Waals surface area contributed by atoms with Crippen LogP contribution in [0.2, 0.25) is 5.02 Å². The normalized spacial score (nSPS) is 12.8. The Morgan fingerprint density at radius 3 is 2.48 bits per heavy atom. The summed E-state index contributed by atoms with van der Waals surface area (Å²) in [5, 5.41) is 27.7. The van der Waals surface area contributed by atoms with Gasteiger partial charge < -0.3 is 20.1 Å². The highest BCUT2D eigenvalue weighted by molar-refractivity contribution is 7.99. The minimum atomic E-state index is -3.06. The van der Waals surface area contributed by atoms with Crippen molar-refractivity contribution in [3.8, 4) is 0 Å². The number of halogens is 1. The summed E-state index contributed by atoms with van der Waals surface area (Å²) in [4.78, 5) is 34.1. The van der Waals surface area contributed by atoms with Crippen molar-refractivity contribution < 1.29 is 34.4 Å². The van der Waals surface area contributed by atoms with Crippen molar-refractivity contribution in [1.82, 2.24) is 0 Å². The summed E-state index contributed by atoms with van der Waals surface area (Å²) in [6.45, 7) is 1.86. The number of esters is 1. The number of aliphatic hydroxyl groups is 1. The van der Waals surface area contributed by atoms with Crippen LogP contribution in [0.5, 0.6) is 0 Å². The topological polar surface area (TPSA) is 121 Å². The maximum absolute atomic E-state index is 11.4. The summed E-state index contributed by atoms with van der Waals surface area (Å²) >= 11 is 6.72. The van der Waals surface area contributed by atoms with Crippen LogP contribution in [0.15, 0.2) is 36.4 Å². The molecule has 0 aliphatic carbocycles. The molecule has 7 nitrogen and oxygen atoms in total. The molecule has 3 N–H and O–H groups in total. The van der Waals surface area contributed by atoms with E-state index < -0.39 is 28.8 Å². The first kappa shape index (κ1) is 21.0. The van der Waals surface area contributed by atoms with Crippen molar-refractivity contribution >= 4 is 41.3 Å². The zero-order valence-electron chi connectivity index (χ0n) is 13.2. The molecular weight excluding hydrogens is 372 g/mol. The number of hydrogen-bond acceptors (Lipinski definition) is 6. The van der Waals surface area contributed by atoms with E-state index in [1.54, 1.807) is 6.92 Å². The molecule has 0 aliphatic heterocycles. The maximum atomic E-state index is 11.4. The van der Waals surface area contributed by atoms with Gasteiger partial charge in [-0.1, -0.05) is 29.8 Å². The van der Waals surface area contributed by atoms with Gasteiger partial charge in [0.1, 0.15) is 0 Å². The second-order valence-electron chi connectivity index (χ2n) is 4.80. The van der Waals surface area contributed by atoms with Gasteiger partial charge in [0.15, 0.2) is 0 Å². The Balaban J connectivity index is 3.10. The molecule has 0 aromatic heterocycles. The molecule has 0 aliphatic rings. The number of ether oxygens (including phenoxy) is 1. The second-order valence-corrected chi connectivity index (χ2v) is 6.37. The van der Waals surface area contributed by atoms with Crippen LogP contribution in [0.1, 0.15) is 17.7 Å². The van der Waals surface area contributed by atoms with Crippen molar-refractivity contribution in [3.05, 3.63) is 47.0 Å². The Bertz CT molecular complexity index is 660. The third-order valence-electron chi connectivity index (χ3n) is 3.08. The Hall–Kier alpha value is -2.03. The number of carboxylic acids is 2. The summed E-state index contributed by atoms with van der Waals surface area (Å²) in [5.41, 5.74) is -2.83. The number of carboxylic acid groups (broad SMARTS) is 2. The van der Waals surface area contributed by atoms with E-state index in [2.05, 4.69) is 0 Å². The zero-order valence-corrected chi connectivity index (χ0v) is 14.8. The molecule has 0 spiro atoms. The highest BCUT2D eigenvalue weighted by Crippen LogP contribution is 2.40. The average Bonchev–Trinajstić information content (AvgIpc) is 2.54. The Morgan fingerprint density at radius 1 is 1.32 bits per heavy atom. The molecule has 1 aromatic carbocycles. The van der Waals surface area contributed by atoms with Crippen molar-refractivity contribution in [2.45, 2.75) is 17.8 Å². The monoisotopic (exact) mass is 388 g/mol. The highest BCUT2D eigenvalue weighted by atomic mass is 35.5. The molecule has 136 valence electrons. The van der Waals surface area contributed by atoms with Crippen molar-refractivity contribution in [2.75, 3.05) is 12.4 Å². The number of thioether (sulfide) groups is 1. The maximum Gasteiger partial charge on any atom is 0.349 e. The van der Waals surface area contributed by atoms with Crippen LogP contribution >= 0.6 is 23.4 Å². The lowest BCUT2D eigenvalue weighted by Gasteiger charge is -2.28. The van der Waals surface area contributed by atoms with Crippen LogP contribution in [0, 0.1) is 0 Å². The first-order chi connectivity index (χ1) is 11.7.